The maximum Gasteiger partial charge on any atom is 0.229 e. The normalized spacial score (nSPS) is 14.9. The molecule has 0 fully saturated rings. The van der Waals surface area contributed by atoms with Gasteiger partial charge in [0, 0.05) is 43.8 Å². The Morgan fingerprint density at radius 1 is 1.07 bits per heavy atom. The molecule has 0 atom stereocenters. The van der Waals surface area contributed by atoms with E-state index in [-0.39, 0.29) is 6.61 Å². The van der Waals surface area contributed by atoms with Crippen molar-refractivity contribution in [2.75, 3.05) is 53.2 Å². The summed E-state index contributed by atoms with van der Waals surface area (Å²) in [6, 6.07) is 16.5. The van der Waals surface area contributed by atoms with Crippen molar-refractivity contribution in [2.24, 2.45) is 0 Å². The van der Waals surface area contributed by atoms with Gasteiger partial charge in [0.15, 0.2) is 0 Å². The number of aliphatic hydroxyl groups excluding tert-OH is 1. The zero-order valence-corrected chi connectivity index (χ0v) is 16.2. The van der Waals surface area contributed by atoms with E-state index in [1.165, 1.54) is 11.3 Å². The predicted molar refractivity (Wildman–Crippen MR) is 117 cm³/mol. The van der Waals surface area contributed by atoms with Gasteiger partial charge < -0.3 is 25.5 Å². The van der Waals surface area contributed by atoms with E-state index in [1.54, 1.807) is 6.20 Å². The van der Waals surface area contributed by atoms with Crippen molar-refractivity contribution >= 4 is 34.5 Å². The topological polar surface area (TPSA) is 76.6 Å². The van der Waals surface area contributed by atoms with Crippen LogP contribution in [0.3, 0.4) is 0 Å². The van der Waals surface area contributed by atoms with E-state index < -0.39 is 0 Å². The summed E-state index contributed by atoms with van der Waals surface area (Å²) >= 11 is 0. The Morgan fingerprint density at radius 3 is 2.93 bits per heavy atom. The van der Waals surface area contributed by atoms with Gasteiger partial charge in [0.1, 0.15) is 5.82 Å². The highest BCUT2D eigenvalue weighted by atomic mass is 16.3. The molecule has 0 unspecified atom stereocenters. The lowest BCUT2D eigenvalue weighted by atomic mass is 10.1. The van der Waals surface area contributed by atoms with Crippen LogP contribution in [0.1, 0.15) is 5.56 Å². The second kappa shape index (κ2) is 7.60. The van der Waals surface area contributed by atoms with Crippen LogP contribution in [0, 0.1) is 0 Å². The highest BCUT2D eigenvalue weighted by molar-refractivity contribution is 5.77. The third-order valence-corrected chi connectivity index (χ3v) is 5.46. The van der Waals surface area contributed by atoms with Gasteiger partial charge in [-0.05, 0) is 48.4 Å². The molecule has 0 saturated carbocycles. The number of aromatic nitrogens is 2. The average Bonchev–Trinajstić information content (AvgIpc) is 3.16. The Hall–Kier alpha value is -3.32. The number of benzene rings is 2. The quantitative estimate of drug-likeness (QED) is 0.620. The molecule has 7 heteroatoms. The first-order chi connectivity index (χ1) is 14.3. The average molecular weight is 388 g/mol. The molecule has 148 valence electrons. The Morgan fingerprint density at radius 2 is 2.00 bits per heavy atom. The first-order valence-corrected chi connectivity index (χ1v) is 10.0. The van der Waals surface area contributed by atoms with Crippen LogP contribution in [0.5, 0.6) is 0 Å². The number of nitrogens with one attached hydrogen (secondary N) is 2. The Bertz CT molecular complexity index is 1020. The Balaban J connectivity index is 1.38. The summed E-state index contributed by atoms with van der Waals surface area (Å²) in [4.78, 5) is 13.6. The standard InChI is InChI=1S/C22H24N6O/c29-14-13-27-11-8-16-15-17(5-6-19(16)27)25-22-24-9-7-21(26-22)28-12-10-23-18-3-1-2-4-20(18)28/h1-7,9,15,23,29H,8,10-14H2,(H,24,25,26). The van der Waals surface area contributed by atoms with Crippen LogP contribution in [0.4, 0.5) is 34.5 Å². The van der Waals surface area contributed by atoms with E-state index >= 15 is 0 Å². The van der Waals surface area contributed by atoms with Gasteiger partial charge in [-0.15, -0.1) is 0 Å². The van der Waals surface area contributed by atoms with E-state index in [4.69, 9.17) is 4.98 Å². The van der Waals surface area contributed by atoms with Crippen LogP contribution in [0.15, 0.2) is 54.7 Å². The van der Waals surface area contributed by atoms with Gasteiger partial charge in [0.05, 0.1) is 18.0 Å². The van der Waals surface area contributed by atoms with Gasteiger partial charge >= 0.3 is 0 Å². The molecule has 0 radical (unpaired) electrons. The number of aliphatic hydroxyl groups is 1. The van der Waals surface area contributed by atoms with Crippen molar-refractivity contribution in [3.63, 3.8) is 0 Å². The molecular formula is C22H24N6O. The summed E-state index contributed by atoms with van der Waals surface area (Å²) in [6.45, 7) is 3.53. The maximum absolute atomic E-state index is 9.22. The molecule has 7 nitrogen and oxygen atoms in total. The fourth-order valence-corrected chi connectivity index (χ4v) is 4.11. The van der Waals surface area contributed by atoms with E-state index in [9.17, 15) is 5.11 Å². The number of β-amino-alcohol motifs (C(OH)–C–C–N with tert-alkyl or cyclic N) is 1. The second-order valence-corrected chi connectivity index (χ2v) is 7.26. The minimum absolute atomic E-state index is 0.176. The molecular weight excluding hydrogens is 364 g/mol. The smallest absolute Gasteiger partial charge is 0.229 e. The summed E-state index contributed by atoms with van der Waals surface area (Å²) < 4.78 is 0. The van der Waals surface area contributed by atoms with Crippen LogP contribution in [0.25, 0.3) is 0 Å². The van der Waals surface area contributed by atoms with Crippen LogP contribution in [-0.4, -0.2) is 47.9 Å². The monoisotopic (exact) mass is 388 g/mol. The molecule has 0 aliphatic carbocycles. The van der Waals surface area contributed by atoms with Gasteiger partial charge in [-0.2, -0.15) is 4.98 Å². The van der Waals surface area contributed by atoms with E-state index in [2.05, 4.69) is 49.7 Å². The summed E-state index contributed by atoms with van der Waals surface area (Å²) in [5.41, 5.74) is 5.72. The largest absolute Gasteiger partial charge is 0.395 e. The lowest BCUT2D eigenvalue weighted by Crippen LogP contribution is -2.30. The Kier molecular flexibility index (Phi) is 4.65. The fourth-order valence-electron chi connectivity index (χ4n) is 4.11. The lowest BCUT2D eigenvalue weighted by Gasteiger charge is -2.31. The molecule has 2 aliphatic heterocycles. The number of nitrogens with zero attached hydrogens (tertiary/aromatic N) is 4. The van der Waals surface area contributed by atoms with Crippen molar-refractivity contribution in [3.05, 3.63) is 60.3 Å². The van der Waals surface area contributed by atoms with Crippen molar-refractivity contribution in [3.8, 4) is 0 Å². The highest BCUT2D eigenvalue weighted by Crippen LogP contribution is 2.34. The molecule has 2 aliphatic rings. The molecule has 3 aromatic rings. The van der Waals surface area contributed by atoms with Crippen molar-refractivity contribution in [1.82, 2.24) is 9.97 Å². The van der Waals surface area contributed by atoms with Gasteiger partial charge in [0.25, 0.3) is 0 Å². The zero-order valence-electron chi connectivity index (χ0n) is 16.2. The molecule has 2 aromatic carbocycles. The summed E-state index contributed by atoms with van der Waals surface area (Å²) in [6.07, 6.45) is 2.79. The van der Waals surface area contributed by atoms with Gasteiger partial charge in [-0.1, -0.05) is 12.1 Å². The van der Waals surface area contributed by atoms with Crippen LogP contribution < -0.4 is 20.4 Å². The number of rotatable bonds is 5. The van der Waals surface area contributed by atoms with Gasteiger partial charge in [-0.3, -0.25) is 0 Å². The van der Waals surface area contributed by atoms with Gasteiger partial charge in [-0.25, -0.2) is 4.98 Å². The molecule has 29 heavy (non-hydrogen) atoms. The number of fused-ring (bicyclic) bond motifs is 2. The minimum atomic E-state index is 0.176. The molecule has 1 aromatic heterocycles. The van der Waals surface area contributed by atoms with Crippen molar-refractivity contribution < 1.29 is 5.11 Å². The Labute approximate surface area is 170 Å². The lowest BCUT2D eigenvalue weighted by molar-refractivity contribution is 0.303. The minimum Gasteiger partial charge on any atom is -0.395 e. The third-order valence-electron chi connectivity index (χ3n) is 5.46. The summed E-state index contributed by atoms with van der Waals surface area (Å²) in [7, 11) is 0. The fraction of sp³-hybridized carbons (Fsp3) is 0.273. The number of hydrogen-bond acceptors (Lipinski definition) is 7. The molecule has 0 spiro atoms. The number of hydrogen-bond donors (Lipinski definition) is 3. The molecule has 0 saturated heterocycles. The molecule has 3 heterocycles. The SMILES string of the molecule is OCCN1CCc2cc(Nc3nccc(N4CCNc5ccccc54)n3)ccc21. The maximum atomic E-state index is 9.22. The van der Waals surface area contributed by atoms with E-state index in [0.717, 1.165) is 48.9 Å². The van der Waals surface area contributed by atoms with E-state index in [0.29, 0.717) is 12.5 Å². The predicted octanol–water partition coefficient (Wildman–Crippen LogP) is 3.14. The van der Waals surface area contributed by atoms with Crippen molar-refractivity contribution in [2.45, 2.75) is 6.42 Å². The van der Waals surface area contributed by atoms with Crippen molar-refractivity contribution in [1.29, 1.82) is 0 Å². The summed E-state index contributed by atoms with van der Waals surface area (Å²) in [5, 5.41) is 16.0. The molecule has 5 rings (SSSR count). The first kappa shape index (κ1) is 17.8. The highest BCUT2D eigenvalue weighted by Gasteiger charge is 2.20. The van der Waals surface area contributed by atoms with Crippen LogP contribution in [-0.2, 0) is 6.42 Å². The first-order valence-electron chi connectivity index (χ1n) is 10.0. The number of anilines is 6. The second-order valence-electron chi connectivity index (χ2n) is 7.26. The van der Waals surface area contributed by atoms with Gasteiger partial charge in [0.2, 0.25) is 5.95 Å². The van der Waals surface area contributed by atoms with Crippen LogP contribution >= 0.6 is 0 Å². The molecule has 0 bridgehead atoms. The molecule has 3 N–H and O–H groups in total. The third kappa shape index (κ3) is 3.45. The molecule has 0 amide bonds. The summed E-state index contributed by atoms with van der Waals surface area (Å²) in [5.74, 6) is 1.47. The van der Waals surface area contributed by atoms with E-state index in [1.807, 2.05) is 24.3 Å². The zero-order chi connectivity index (χ0) is 19.6. The van der Waals surface area contributed by atoms with Crippen LogP contribution in [0.2, 0.25) is 0 Å². The number of para-hydroxylation sites is 2.